The van der Waals surface area contributed by atoms with Gasteiger partial charge in [-0.05, 0) is 35.7 Å². The summed E-state index contributed by atoms with van der Waals surface area (Å²) in [5.41, 5.74) is 10.00. The Morgan fingerprint density at radius 1 is 1.17 bits per heavy atom. The Hall–Kier alpha value is -3.55. The summed E-state index contributed by atoms with van der Waals surface area (Å²) >= 11 is 0. The van der Waals surface area contributed by atoms with Gasteiger partial charge >= 0.3 is 0 Å². The number of anilines is 2. The summed E-state index contributed by atoms with van der Waals surface area (Å²) in [6.45, 7) is 2.16. The third-order valence-electron chi connectivity index (χ3n) is 5.94. The topological polar surface area (TPSA) is 105 Å². The summed E-state index contributed by atoms with van der Waals surface area (Å²) in [7, 11) is 0. The predicted octanol–water partition coefficient (Wildman–Crippen LogP) is 1.43. The fourth-order valence-corrected chi connectivity index (χ4v) is 4.48. The molecule has 8 nitrogen and oxygen atoms in total. The molecule has 0 bridgehead atoms. The lowest BCUT2D eigenvalue weighted by Crippen LogP contribution is -2.52. The molecule has 1 unspecified atom stereocenters. The number of ether oxygens (including phenoxy) is 1. The molecule has 3 amide bonds. The Morgan fingerprint density at radius 2 is 2.03 bits per heavy atom. The van der Waals surface area contributed by atoms with Gasteiger partial charge in [0.2, 0.25) is 11.8 Å². The van der Waals surface area contributed by atoms with Crippen LogP contribution in [0.5, 0.6) is 5.75 Å². The van der Waals surface area contributed by atoms with Crippen LogP contribution in [0.4, 0.5) is 11.4 Å². The van der Waals surface area contributed by atoms with Gasteiger partial charge in [0.05, 0.1) is 12.2 Å². The summed E-state index contributed by atoms with van der Waals surface area (Å²) < 4.78 is 5.73. The van der Waals surface area contributed by atoms with Crippen molar-refractivity contribution in [1.29, 1.82) is 0 Å². The summed E-state index contributed by atoms with van der Waals surface area (Å²) in [6, 6.07) is 10.8. The zero-order valence-electron chi connectivity index (χ0n) is 16.4. The van der Waals surface area contributed by atoms with E-state index in [2.05, 4.69) is 10.2 Å². The summed E-state index contributed by atoms with van der Waals surface area (Å²) in [6.07, 6.45) is 0.602. The second-order valence-corrected chi connectivity index (χ2v) is 7.85. The number of imide groups is 1. The number of rotatable bonds is 3. The van der Waals surface area contributed by atoms with Crippen molar-refractivity contribution in [2.24, 2.45) is 0 Å². The van der Waals surface area contributed by atoms with Crippen LogP contribution < -0.4 is 20.7 Å². The minimum Gasteiger partial charge on any atom is -0.490 e. The number of amides is 3. The molecule has 0 radical (unpaired) electrons. The molecule has 8 heteroatoms. The number of nitrogen functional groups attached to an aromatic ring is 1. The van der Waals surface area contributed by atoms with E-state index in [1.54, 1.807) is 4.90 Å². The van der Waals surface area contributed by atoms with Gasteiger partial charge in [-0.15, -0.1) is 0 Å². The van der Waals surface area contributed by atoms with E-state index in [-0.39, 0.29) is 18.2 Å². The second-order valence-electron chi connectivity index (χ2n) is 7.85. The van der Waals surface area contributed by atoms with Crippen LogP contribution in [0.25, 0.3) is 0 Å². The normalized spacial score (nSPS) is 20.5. The summed E-state index contributed by atoms with van der Waals surface area (Å²) in [4.78, 5) is 40.8. The highest BCUT2D eigenvalue weighted by Crippen LogP contribution is 2.36. The molecule has 1 saturated heterocycles. The van der Waals surface area contributed by atoms with Gasteiger partial charge in [-0.3, -0.25) is 19.7 Å². The van der Waals surface area contributed by atoms with E-state index in [0.29, 0.717) is 43.9 Å². The Bertz CT molecular complexity index is 1070. The maximum atomic E-state index is 13.3. The monoisotopic (exact) mass is 406 g/mol. The van der Waals surface area contributed by atoms with Crippen LogP contribution in [-0.4, -0.2) is 41.8 Å². The number of carbonyl (C=O) groups excluding carboxylic acids is 3. The highest BCUT2D eigenvalue weighted by molar-refractivity contribution is 6.06. The Morgan fingerprint density at radius 3 is 2.87 bits per heavy atom. The first-order valence-electron chi connectivity index (χ1n) is 10.0. The van der Waals surface area contributed by atoms with Crippen LogP contribution in [0.15, 0.2) is 36.4 Å². The fraction of sp³-hybridized carbons (Fsp3) is 0.318. The lowest BCUT2D eigenvalue weighted by molar-refractivity contribution is -0.136. The molecule has 3 aliphatic heterocycles. The third kappa shape index (κ3) is 3.04. The van der Waals surface area contributed by atoms with E-state index in [1.165, 1.54) is 0 Å². The van der Waals surface area contributed by atoms with Crippen LogP contribution >= 0.6 is 0 Å². The Labute approximate surface area is 173 Å². The van der Waals surface area contributed by atoms with Gasteiger partial charge in [0, 0.05) is 30.8 Å². The van der Waals surface area contributed by atoms with Crippen molar-refractivity contribution in [2.45, 2.75) is 32.0 Å². The minimum atomic E-state index is -0.612. The Balaban J connectivity index is 1.43. The number of piperidine rings is 1. The van der Waals surface area contributed by atoms with Crippen LogP contribution in [0.2, 0.25) is 0 Å². The van der Waals surface area contributed by atoms with E-state index in [1.807, 2.05) is 36.4 Å². The molecule has 0 saturated carbocycles. The van der Waals surface area contributed by atoms with Gasteiger partial charge in [-0.25, -0.2) is 0 Å². The van der Waals surface area contributed by atoms with Gasteiger partial charge in [-0.1, -0.05) is 18.2 Å². The summed E-state index contributed by atoms with van der Waals surface area (Å²) in [5.74, 6) is -0.0615. The molecule has 2 aromatic carbocycles. The number of nitrogens with one attached hydrogen (secondary N) is 1. The van der Waals surface area contributed by atoms with Crippen molar-refractivity contribution in [3.63, 3.8) is 0 Å². The predicted molar refractivity (Wildman–Crippen MR) is 110 cm³/mol. The van der Waals surface area contributed by atoms with Crippen LogP contribution in [-0.2, 0) is 22.7 Å². The van der Waals surface area contributed by atoms with Gasteiger partial charge in [0.25, 0.3) is 5.91 Å². The lowest BCUT2D eigenvalue weighted by Gasteiger charge is -2.32. The van der Waals surface area contributed by atoms with Crippen molar-refractivity contribution in [3.8, 4) is 5.75 Å². The highest BCUT2D eigenvalue weighted by Gasteiger charge is 2.40. The number of hydrogen-bond acceptors (Lipinski definition) is 6. The number of fused-ring (bicyclic) bond motifs is 2. The second kappa shape index (κ2) is 7.05. The molecule has 3 heterocycles. The molecule has 1 fully saturated rings. The molecule has 0 aromatic heterocycles. The smallest absolute Gasteiger partial charge is 0.255 e. The molecule has 154 valence electrons. The number of nitrogens with zero attached hydrogens (tertiary/aromatic N) is 2. The van der Waals surface area contributed by atoms with Crippen LogP contribution in [0.1, 0.15) is 34.3 Å². The Kier molecular flexibility index (Phi) is 4.34. The first-order valence-corrected chi connectivity index (χ1v) is 10.0. The quantitative estimate of drug-likeness (QED) is 0.590. The third-order valence-corrected chi connectivity index (χ3v) is 5.94. The molecule has 1 atom stereocenters. The van der Waals surface area contributed by atoms with E-state index in [0.717, 1.165) is 22.6 Å². The molecule has 5 rings (SSSR count). The SMILES string of the molecule is Nc1ccc2c(c1)N(Cc1cccc3c1C(=O)N(C1CCC(=O)NC1=O)C3)CCO2. The molecule has 0 aliphatic carbocycles. The first-order chi connectivity index (χ1) is 14.5. The highest BCUT2D eigenvalue weighted by atomic mass is 16.5. The van der Waals surface area contributed by atoms with Gasteiger partial charge < -0.3 is 20.3 Å². The average molecular weight is 406 g/mol. The zero-order valence-corrected chi connectivity index (χ0v) is 16.4. The van der Waals surface area contributed by atoms with Crippen molar-refractivity contribution < 1.29 is 19.1 Å². The number of hydrogen-bond donors (Lipinski definition) is 2. The van der Waals surface area contributed by atoms with Crippen molar-refractivity contribution in [2.75, 3.05) is 23.8 Å². The molecular formula is C22H22N4O4. The van der Waals surface area contributed by atoms with E-state index in [4.69, 9.17) is 10.5 Å². The molecule has 3 N–H and O–H groups in total. The van der Waals surface area contributed by atoms with Crippen molar-refractivity contribution in [1.82, 2.24) is 10.2 Å². The van der Waals surface area contributed by atoms with Crippen LogP contribution in [0.3, 0.4) is 0 Å². The number of benzene rings is 2. The standard InChI is InChI=1S/C22H22N4O4/c23-15-4-6-18-17(10-15)25(8-9-30-18)11-13-2-1-3-14-12-26(22(29)20(13)14)16-5-7-19(27)24-21(16)28/h1-4,6,10,16H,5,7-9,11-12,23H2,(H,24,27,28). The zero-order chi connectivity index (χ0) is 20.8. The largest absolute Gasteiger partial charge is 0.490 e. The van der Waals surface area contributed by atoms with Gasteiger partial charge in [-0.2, -0.15) is 0 Å². The molecule has 0 spiro atoms. The van der Waals surface area contributed by atoms with Gasteiger partial charge in [0.1, 0.15) is 18.4 Å². The van der Waals surface area contributed by atoms with E-state index >= 15 is 0 Å². The van der Waals surface area contributed by atoms with Crippen molar-refractivity contribution >= 4 is 29.1 Å². The van der Waals surface area contributed by atoms with E-state index < -0.39 is 11.9 Å². The maximum Gasteiger partial charge on any atom is 0.255 e. The minimum absolute atomic E-state index is 0.156. The number of nitrogens with two attached hydrogens (primary N) is 1. The van der Waals surface area contributed by atoms with Crippen LogP contribution in [0, 0.1) is 0 Å². The summed E-state index contributed by atoms with van der Waals surface area (Å²) in [5, 5.41) is 2.34. The fourth-order valence-electron chi connectivity index (χ4n) is 4.48. The molecule has 30 heavy (non-hydrogen) atoms. The van der Waals surface area contributed by atoms with E-state index in [9.17, 15) is 14.4 Å². The first kappa shape index (κ1) is 18.5. The van der Waals surface area contributed by atoms with Crippen molar-refractivity contribution in [3.05, 3.63) is 53.1 Å². The number of carbonyl (C=O) groups is 3. The lowest BCUT2D eigenvalue weighted by atomic mass is 10.0. The maximum absolute atomic E-state index is 13.3. The average Bonchev–Trinajstić information content (AvgIpc) is 3.06. The molecule has 2 aromatic rings. The van der Waals surface area contributed by atoms with Gasteiger partial charge in [0.15, 0.2) is 0 Å². The molecular weight excluding hydrogens is 384 g/mol. The molecule has 3 aliphatic rings.